The van der Waals surface area contributed by atoms with Crippen LogP contribution >= 0.6 is 0 Å². The lowest BCUT2D eigenvalue weighted by Crippen LogP contribution is -2.41. The molecule has 0 unspecified atom stereocenters. The van der Waals surface area contributed by atoms with Crippen molar-refractivity contribution < 1.29 is 22.4 Å². The van der Waals surface area contributed by atoms with E-state index in [9.17, 15) is 18.0 Å². The number of benzene rings is 2. The van der Waals surface area contributed by atoms with E-state index in [1.54, 1.807) is 11.9 Å². The van der Waals surface area contributed by atoms with E-state index in [2.05, 4.69) is 0 Å². The molecule has 3 heterocycles. The Kier molecular flexibility index (Phi) is 6.84. The summed E-state index contributed by atoms with van der Waals surface area (Å²) in [4.78, 5) is 26.6. The summed E-state index contributed by atoms with van der Waals surface area (Å²) < 4.78 is 41.2. The Morgan fingerprint density at radius 1 is 1.13 bits per heavy atom. The Morgan fingerprint density at radius 2 is 1.89 bits per heavy atom. The number of ether oxygens (including phenoxy) is 1. The molecule has 12 heteroatoms. The number of likely N-dealkylation sites (N-methyl/N-ethyl adjacent to an activating group) is 1. The molecule has 0 N–H and O–H groups in total. The van der Waals surface area contributed by atoms with Gasteiger partial charge in [-0.2, -0.15) is 9.40 Å². The molecule has 0 saturated heterocycles. The maximum atomic E-state index is 13.2. The first-order valence-electron chi connectivity index (χ1n) is 12.3. The molecular weight excluding hydrogens is 510 g/mol. The molecule has 0 radical (unpaired) electrons. The molecule has 0 aliphatic carbocycles. The van der Waals surface area contributed by atoms with E-state index < -0.39 is 15.8 Å². The van der Waals surface area contributed by atoms with Crippen LogP contribution in [-0.4, -0.2) is 64.6 Å². The van der Waals surface area contributed by atoms with Crippen molar-refractivity contribution >= 4 is 27.0 Å². The minimum absolute atomic E-state index is 0.0522. The monoisotopic (exact) mass is 539 g/mol. The molecule has 4 aromatic rings. The number of aryl methyl sites for hydroxylation is 2. The van der Waals surface area contributed by atoms with Gasteiger partial charge in [0, 0.05) is 38.8 Å². The summed E-state index contributed by atoms with van der Waals surface area (Å²) >= 11 is 0. The topological polar surface area (TPSA) is 120 Å². The molecule has 2 aromatic heterocycles. The van der Waals surface area contributed by atoms with E-state index in [0.29, 0.717) is 38.2 Å². The van der Waals surface area contributed by atoms with Gasteiger partial charge in [-0.05, 0) is 55.8 Å². The Morgan fingerprint density at radius 3 is 2.63 bits per heavy atom. The molecule has 0 atom stereocenters. The normalized spacial score (nSPS) is 14.1. The highest BCUT2D eigenvalue weighted by Crippen LogP contribution is 2.25. The second-order valence-corrected chi connectivity index (χ2v) is 11.2. The molecule has 38 heavy (non-hydrogen) atoms. The standard InChI is InChI=1S/C26H29N5O6S/c1-4-36-20-8-6-18(7-9-20)22-14-19-16-30(12-5-13-31(19)27-22)25(32)17-28(2)38(34,35)21-10-11-23-24(15-21)37-26(33)29(23)3/h6-11,14-15H,4-5,12-13,16-17H2,1-3H3. The third-order valence-corrected chi connectivity index (χ3v) is 8.46. The Bertz CT molecular complexity index is 1650. The molecule has 5 rings (SSSR count). The van der Waals surface area contributed by atoms with Crippen LogP contribution in [-0.2, 0) is 35.0 Å². The van der Waals surface area contributed by atoms with Gasteiger partial charge in [-0.3, -0.25) is 14.0 Å². The zero-order valence-electron chi connectivity index (χ0n) is 21.5. The molecule has 11 nitrogen and oxygen atoms in total. The first kappa shape index (κ1) is 25.7. The maximum absolute atomic E-state index is 13.2. The number of nitrogens with zero attached hydrogens (tertiary/aromatic N) is 5. The molecule has 200 valence electrons. The van der Waals surface area contributed by atoms with Crippen LogP contribution < -0.4 is 10.5 Å². The van der Waals surface area contributed by atoms with E-state index in [4.69, 9.17) is 14.3 Å². The minimum Gasteiger partial charge on any atom is -0.494 e. The number of hydrogen-bond acceptors (Lipinski definition) is 7. The molecular formula is C26H29N5O6S. The van der Waals surface area contributed by atoms with Gasteiger partial charge in [-0.25, -0.2) is 13.2 Å². The maximum Gasteiger partial charge on any atom is 0.419 e. The van der Waals surface area contributed by atoms with E-state index >= 15 is 0 Å². The van der Waals surface area contributed by atoms with Crippen molar-refractivity contribution in [2.75, 3.05) is 26.7 Å². The number of oxazole rings is 1. The lowest BCUT2D eigenvalue weighted by Gasteiger charge is -2.23. The smallest absolute Gasteiger partial charge is 0.419 e. The number of carbonyl (C=O) groups excluding carboxylic acids is 1. The van der Waals surface area contributed by atoms with Crippen LogP contribution in [0.5, 0.6) is 5.75 Å². The first-order valence-corrected chi connectivity index (χ1v) is 13.7. The van der Waals surface area contributed by atoms with E-state index in [-0.39, 0.29) is 22.9 Å². The molecule has 0 spiro atoms. The van der Waals surface area contributed by atoms with E-state index in [1.165, 1.54) is 29.8 Å². The van der Waals surface area contributed by atoms with Crippen molar-refractivity contribution in [2.24, 2.45) is 7.05 Å². The number of aromatic nitrogens is 3. The van der Waals surface area contributed by atoms with Gasteiger partial charge in [-0.15, -0.1) is 0 Å². The summed E-state index contributed by atoms with van der Waals surface area (Å²) in [5.41, 5.74) is 3.29. The SMILES string of the molecule is CCOc1ccc(-c2cc3n(n2)CCCN(C(=O)CN(C)S(=O)(=O)c2ccc4c(c2)oc(=O)n4C)C3)cc1. The van der Waals surface area contributed by atoms with Gasteiger partial charge in [0.05, 0.1) is 41.5 Å². The van der Waals surface area contributed by atoms with Gasteiger partial charge in [0.15, 0.2) is 5.58 Å². The van der Waals surface area contributed by atoms with Gasteiger partial charge in [0.2, 0.25) is 15.9 Å². The third-order valence-electron chi connectivity index (χ3n) is 6.66. The molecule has 1 amide bonds. The average Bonchev–Trinajstić information content (AvgIpc) is 3.35. The number of sulfonamides is 1. The van der Waals surface area contributed by atoms with E-state index in [0.717, 1.165) is 27.0 Å². The molecule has 0 bridgehead atoms. The largest absolute Gasteiger partial charge is 0.494 e. The van der Waals surface area contributed by atoms with Crippen LogP contribution in [0, 0.1) is 0 Å². The molecule has 1 aliphatic heterocycles. The van der Waals surface area contributed by atoms with Crippen LogP contribution in [0.1, 0.15) is 19.0 Å². The summed E-state index contributed by atoms with van der Waals surface area (Å²) in [5.74, 6) is -0.0917. The Labute approximate surface area is 219 Å². The minimum atomic E-state index is -3.99. The Balaban J connectivity index is 1.30. The molecule has 2 aromatic carbocycles. The number of amides is 1. The summed E-state index contributed by atoms with van der Waals surface area (Å²) in [5, 5.41) is 4.72. The number of fused-ring (bicyclic) bond motifs is 2. The quantitative estimate of drug-likeness (QED) is 0.354. The summed E-state index contributed by atoms with van der Waals surface area (Å²) in [6.45, 7) is 3.70. The lowest BCUT2D eigenvalue weighted by atomic mass is 10.1. The predicted molar refractivity (Wildman–Crippen MR) is 140 cm³/mol. The molecule has 0 fully saturated rings. The highest BCUT2D eigenvalue weighted by molar-refractivity contribution is 7.89. The molecule has 0 saturated carbocycles. The van der Waals surface area contributed by atoms with Crippen molar-refractivity contribution in [3.8, 4) is 17.0 Å². The first-order chi connectivity index (χ1) is 18.2. The Hall–Kier alpha value is -3.90. The molecule has 1 aliphatic rings. The van der Waals surface area contributed by atoms with Crippen molar-refractivity contribution in [2.45, 2.75) is 31.3 Å². The number of rotatable bonds is 7. The van der Waals surface area contributed by atoms with Crippen molar-refractivity contribution in [3.63, 3.8) is 0 Å². The third kappa shape index (κ3) is 4.84. The lowest BCUT2D eigenvalue weighted by molar-refractivity contribution is -0.131. The van der Waals surface area contributed by atoms with Crippen LogP contribution in [0.15, 0.2) is 62.6 Å². The highest BCUT2D eigenvalue weighted by Gasteiger charge is 2.28. The highest BCUT2D eigenvalue weighted by atomic mass is 32.2. The van der Waals surface area contributed by atoms with Crippen molar-refractivity contribution in [3.05, 3.63) is 64.8 Å². The van der Waals surface area contributed by atoms with Crippen LogP contribution in [0.2, 0.25) is 0 Å². The van der Waals surface area contributed by atoms with Crippen LogP contribution in [0.3, 0.4) is 0 Å². The van der Waals surface area contributed by atoms with Crippen LogP contribution in [0.25, 0.3) is 22.4 Å². The van der Waals surface area contributed by atoms with Gasteiger partial charge < -0.3 is 14.1 Å². The zero-order valence-corrected chi connectivity index (χ0v) is 22.3. The summed E-state index contributed by atoms with van der Waals surface area (Å²) in [6.07, 6.45) is 0.698. The fourth-order valence-corrected chi connectivity index (χ4v) is 5.67. The predicted octanol–water partition coefficient (Wildman–Crippen LogP) is 2.45. The average molecular weight is 540 g/mol. The van der Waals surface area contributed by atoms with Crippen molar-refractivity contribution in [1.82, 2.24) is 23.6 Å². The van der Waals surface area contributed by atoms with Crippen LogP contribution in [0.4, 0.5) is 0 Å². The van der Waals surface area contributed by atoms with Crippen molar-refractivity contribution in [1.29, 1.82) is 0 Å². The number of hydrogen-bond donors (Lipinski definition) is 0. The summed E-state index contributed by atoms with van der Waals surface area (Å²) in [7, 11) is -1.08. The second kappa shape index (κ2) is 10.1. The second-order valence-electron chi connectivity index (χ2n) is 9.19. The zero-order chi connectivity index (χ0) is 27.0. The number of carbonyl (C=O) groups is 1. The fourth-order valence-electron chi connectivity index (χ4n) is 4.53. The van der Waals surface area contributed by atoms with E-state index in [1.807, 2.05) is 41.9 Å². The van der Waals surface area contributed by atoms with Gasteiger partial charge in [0.25, 0.3) is 0 Å². The van der Waals surface area contributed by atoms with Gasteiger partial charge in [-0.1, -0.05) is 0 Å². The summed E-state index contributed by atoms with van der Waals surface area (Å²) in [6, 6.07) is 13.9. The van der Waals surface area contributed by atoms with Gasteiger partial charge in [0.1, 0.15) is 5.75 Å². The van der Waals surface area contributed by atoms with Gasteiger partial charge >= 0.3 is 5.76 Å². The fraction of sp³-hybridized carbons (Fsp3) is 0.346.